The maximum atomic E-state index is 13.1. The SMILES string of the molecule is CCCC(c1nc2ccc(Br)cc2c(=O)n1CC)N1CCN[C@H](CO)C1. The van der Waals surface area contributed by atoms with Crippen LogP contribution in [-0.4, -0.2) is 51.8 Å². The number of hydrogen-bond donors (Lipinski definition) is 2. The van der Waals surface area contributed by atoms with Crippen LogP contribution in [0.25, 0.3) is 10.9 Å². The lowest BCUT2D eigenvalue weighted by atomic mass is 10.1. The van der Waals surface area contributed by atoms with Gasteiger partial charge in [0.15, 0.2) is 0 Å². The fourth-order valence-electron chi connectivity index (χ4n) is 3.78. The Kier molecular flexibility index (Phi) is 6.45. The average Bonchev–Trinajstić information content (AvgIpc) is 2.66. The van der Waals surface area contributed by atoms with E-state index < -0.39 is 0 Å². The standard InChI is InChI=1S/C19H27BrN4O2/c1-3-5-17(23-9-8-21-14(11-23)12-25)18-22-16-7-6-13(20)10-15(16)19(26)24(18)4-2/h6-7,10,14,17,21,25H,3-5,8-9,11-12H2,1-2H3/t14-,17?/m0/s1. The van der Waals surface area contributed by atoms with Gasteiger partial charge >= 0.3 is 0 Å². The molecule has 142 valence electrons. The number of aliphatic hydroxyl groups excluding tert-OH is 1. The Labute approximate surface area is 162 Å². The van der Waals surface area contributed by atoms with E-state index in [2.05, 4.69) is 33.1 Å². The van der Waals surface area contributed by atoms with Crippen LogP contribution in [0.15, 0.2) is 27.5 Å². The maximum Gasteiger partial charge on any atom is 0.261 e. The third kappa shape index (κ3) is 3.86. The first-order chi connectivity index (χ1) is 12.6. The van der Waals surface area contributed by atoms with Crippen LogP contribution in [0.5, 0.6) is 0 Å². The second-order valence-corrected chi connectivity index (χ2v) is 7.73. The van der Waals surface area contributed by atoms with E-state index in [1.54, 1.807) is 0 Å². The van der Waals surface area contributed by atoms with Crippen LogP contribution in [-0.2, 0) is 6.54 Å². The summed E-state index contributed by atoms with van der Waals surface area (Å²) in [5.41, 5.74) is 0.761. The van der Waals surface area contributed by atoms with Crippen molar-refractivity contribution < 1.29 is 5.11 Å². The number of aromatic nitrogens is 2. The van der Waals surface area contributed by atoms with Crippen molar-refractivity contribution in [3.05, 3.63) is 38.9 Å². The summed E-state index contributed by atoms with van der Waals surface area (Å²) >= 11 is 3.45. The molecule has 0 bridgehead atoms. The van der Waals surface area contributed by atoms with Crippen molar-refractivity contribution in [2.24, 2.45) is 0 Å². The Morgan fingerprint density at radius 3 is 2.92 bits per heavy atom. The minimum Gasteiger partial charge on any atom is -0.395 e. The molecule has 1 aromatic heterocycles. The van der Waals surface area contributed by atoms with E-state index in [9.17, 15) is 9.90 Å². The third-order valence-electron chi connectivity index (χ3n) is 5.07. The summed E-state index contributed by atoms with van der Waals surface area (Å²) in [4.78, 5) is 20.3. The van der Waals surface area contributed by atoms with Crippen molar-refractivity contribution in [3.8, 4) is 0 Å². The second kappa shape index (κ2) is 8.61. The molecule has 1 saturated heterocycles. The Bertz CT molecular complexity index is 823. The third-order valence-corrected chi connectivity index (χ3v) is 5.56. The molecule has 0 saturated carbocycles. The highest BCUT2D eigenvalue weighted by molar-refractivity contribution is 9.10. The van der Waals surface area contributed by atoms with Crippen LogP contribution in [0.3, 0.4) is 0 Å². The van der Waals surface area contributed by atoms with Gasteiger partial charge in [-0.05, 0) is 31.5 Å². The summed E-state index contributed by atoms with van der Waals surface area (Å²) in [5.74, 6) is 0.841. The highest BCUT2D eigenvalue weighted by Crippen LogP contribution is 2.27. The number of hydrogen-bond acceptors (Lipinski definition) is 5. The van der Waals surface area contributed by atoms with E-state index in [0.29, 0.717) is 11.9 Å². The van der Waals surface area contributed by atoms with Crippen molar-refractivity contribution in [2.75, 3.05) is 26.2 Å². The van der Waals surface area contributed by atoms with Gasteiger partial charge in [-0.1, -0.05) is 29.3 Å². The molecule has 1 fully saturated rings. The Hall–Kier alpha value is -1.28. The van der Waals surface area contributed by atoms with Crippen molar-refractivity contribution in [1.82, 2.24) is 19.8 Å². The summed E-state index contributed by atoms with van der Waals surface area (Å²) in [6, 6.07) is 5.83. The zero-order valence-corrected chi connectivity index (χ0v) is 17.0. The summed E-state index contributed by atoms with van der Waals surface area (Å²) in [5, 5.41) is 13.5. The number of aliphatic hydroxyl groups is 1. The normalized spacial score (nSPS) is 19.8. The number of rotatable bonds is 6. The molecule has 26 heavy (non-hydrogen) atoms. The van der Waals surface area contributed by atoms with Gasteiger partial charge in [0.1, 0.15) is 5.82 Å². The van der Waals surface area contributed by atoms with E-state index in [1.165, 1.54) is 0 Å². The lowest BCUT2D eigenvalue weighted by Crippen LogP contribution is -2.53. The first-order valence-electron chi connectivity index (χ1n) is 9.37. The molecule has 0 radical (unpaired) electrons. The Morgan fingerprint density at radius 1 is 1.42 bits per heavy atom. The van der Waals surface area contributed by atoms with E-state index in [-0.39, 0.29) is 24.2 Å². The molecule has 1 aliphatic heterocycles. The van der Waals surface area contributed by atoms with Crippen LogP contribution in [0.4, 0.5) is 0 Å². The maximum absolute atomic E-state index is 13.1. The van der Waals surface area contributed by atoms with Gasteiger partial charge in [-0.3, -0.25) is 14.3 Å². The van der Waals surface area contributed by atoms with E-state index in [1.807, 2.05) is 29.7 Å². The lowest BCUT2D eigenvalue weighted by Gasteiger charge is -2.38. The van der Waals surface area contributed by atoms with Crippen LogP contribution < -0.4 is 10.9 Å². The van der Waals surface area contributed by atoms with Crippen molar-refractivity contribution in [2.45, 2.75) is 45.3 Å². The molecular weight excluding hydrogens is 396 g/mol. The van der Waals surface area contributed by atoms with E-state index in [0.717, 1.165) is 48.3 Å². The van der Waals surface area contributed by atoms with Crippen molar-refractivity contribution >= 4 is 26.8 Å². The van der Waals surface area contributed by atoms with Crippen molar-refractivity contribution in [3.63, 3.8) is 0 Å². The minimum atomic E-state index is 0.0174. The predicted molar refractivity (Wildman–Crippen MR) is 107 cm³/mol. The Morgan fingerprint density at radius 2 is 2.23 bits per heavy atom. The van der Waals surface area contributed by atoms with Crippen LogP contribution in [0.2, 0.25) is 0 Å². The molecular formula is C19H27BrN4O2. The average molecular weight is 423 g/mol. The highest BCUT2D eigenvalue weighted by Gasteiger charge is 2.29. The van der Waals surface area contributed by atoms with Gasteiger partial charge in [0.25, 0.3) is 5.56 Å². The van der Waals surface area contributed by atoms with Gasteiger partial charge in [0.05, 0.1) is 23.6 Å². The predicted octanol–water partition coefficient (Wildman–Crippen LogP) is 2.29. The molecule has 6 nitrogen and oxygen atoms in total. The second-order valence-electron chi connectivity index (χ2n) is 6.81. The summed E-state index contributed by atoms with van der Waals surface area (Å²) < 4.78 is 2.70. The first kappa shape index (κ1) is 19.5. The number of halogens is 1. The number of nitrogens with zero attached hydrogens (tertiary/aromatic N) is 3. The molecule has 0 amide bonds. The molecule has 1 aliphatic rings. The number of fused-ring (bicyclic) bond motifs is 1. The molecule has 0 aliphatic carbocycles. The fraction of sp³-hybridized carbons (Fsp3) is 0.579. The smallest absolute Gasteiger partial charge is 0.261 e. The summed E-state index contributed by atoms with van der Waals surface area (Å²) in [6.07, 6.45) is 1.95. The highest BCUT2D eigenvalue weighted by atomic mass is 79.9. The van der Waals surface area contributed by atoms with Gasteiger partial charge < -0.3 is 10.4 Å². The zero-order chi connectivity index (χ0) is 18.7. The number of piperazine rings is 1. The molecule has 2 aromatic rings. The molecule has 7 heteroatoms. The molecule has 2 heterocycles. The topological polar surface area (TPSA) is 70.4 Å². The first-order valence-corrected chi connectivity index (χ1v) is 10.2. The minimum absolute atomic E-state index is 0.0174. The lowest BCUT2D eigenvalue weighted by molar-refractivity contribution is 0.101. The van der Waals surface area contributed by atoms with Crippen LogP contribution >= 0.6 is 15.9 Å². The largest absolute Gasteiger partial charge is 0.395 e. The monoisotopic (exact) mass is 422 g/mol. The molecule has 0 spiro atoms. The fourth-order valence-corrected chi connectivity index (χ4v) is 4.14. The summed E-state index contributed by atoms with van der Waals surface area (Å²) in [7, 11) is 0. The molecule has 1 unspecified atom stereocenters. The number of benzene rings is 1. The van der Waals surface area contributed by atoms with Gasteiger partial charge in [-0.15, -0.1) is 0 Å². The van der Waals surface area contributed by atoms with Crippen LogP contribution in [0.1, 0.15) is 38.6 Å². The van der Waals surface area contributed by atoms with Gasteiger partial charge in [0.2, 0.25) is 0 Å². The van der Waals surface area contributed by atoms with E-state index in [4.69, 9.17) is 4.98 Å². The van der Waals surface area contributed by atoms with Gasteiger partial charge in [0, 0.05) is 36.7 Å². The van der Waals surface area contributed by atoms with Crippen LogP contribution in [0, 0.1) is 0 Å². The van der Waals surface area contributed by atoms with Gasteiger partial charge in [-0.25, -0.2) is 4.98 Å². The molecule has 2 N–H and O–H groups in total. The quantitative estimate of drug-likeness (QED) is 0.746. The zero-order valence-electron chi connectivity index (χ0n) is 15.4. The van der Waals surface area contributed by atoms with E-state index >= 15 is 0 Å². The molecule has 2 atom stereocenters. The van der Waals surface area contributed by atoms with Gasteiger partial charge in [-0.2, -0.15) is 0 Å². The number of nitrogens with one attached hydrogen (secondary N) is 1. The Balaban J connectivity index is 2.10. The molecule has 3 rings (SSSR count). The summed E-state index contributed by atoms with van der Waals surface area (Å²) in [6.45, 7) is 7.36. The molecule has 1 aromatic carbocycles. The van der Waals surface area contributed by atoms with Crippen molar-refractivity contribution in [1.29, 1.82) is 0 Å².